The zero-order valence-electron chi connectivity index (χ0n) is 7.75. The Morgan fingerprint density at radius 2 is 2.29 bits per heavy atom. The van der Waals surface area contributed by atoms with Gasteiger partial charge in [-0.1, -0.05) is 0 Å². The van der Waals surface area contributed by atoms with E-state index in [1.807, 2.05) is 0 Å². The number of esters is 1. The predicted octanol–water partition coefficient (Wildman–Crippen LogP) is 0.342. The number of rotatable bonds is 1. The molecule has 0 spiro atoms. The van der Waals surface area contributed by atoms with Crippen molar-refractivity contribution in [3.63, 3.8) is 0 Å². The number of aryl methyl sites for hydroxylation is 1. The summed E-state index contributed by atoms with van der Waals surface area (Å²) in [5, 5.41) is 8.54. The molecule has 0 aromatic carbocycles. The van der Waals surface area contributed by atoms with Gasteiger partial charge < -0.3 is 9.72 Å². The fourth-order valence-corrected chi connectivity index (χ4v) is 1.03. The molecule has 0 fully saturated rings. The average molecular weight is 192 g/mol. The smallest absolute Gasteiger partial charge is 0.354 e. The van der Waals surface area contributed by atoms with Crippen molar-refractivity contribution in [2.75, 3.05) is 7.11 Å². The number of methoxy groups -OCH3 is 1. The maximum Gasteiger partial charge on any atom is 0.354 e. The molecule has 0 unspecified atom stereocenters. The first-order valence-electron chi connectivity index (χ1n) is 3.82. The minimum atomic E-state index is -0.621. The van der Waals surface area contributed by atoms with Crippen LogP contribution in [0.3, 0.4) is 0 Å². The third kappa shape index (κ3) is 1.64. The van der Waals surface area contributed by atoms with Crippen LogP contribution in [0.5, 0.6) is 0 Å². The summed E-state index contributed by atoms with van der Waals surface area (Å²) in [7, 11) is 1.22. The highest BCUT2D eigenvalue weighted by Gasteiger charge is 2.12. The van der Waals surface area contributed by atoms with E-state index in [1.165, 1.54) is 13.2 Å². The van der Waals surface area contributed by atoms with Crippen molar-refractivity contribution in [1.82, 2.24) is 4.98 Å². The van der Waals surface area contributed by atoms with Gasteiger partial charge in [-0.3, -0.25) is 4.79 Å². The zero-order valence-corrected chi connectivity index (χ0v) is 7.75. The van der Waals surface area contributed by atoms with E-state index in [1.54, 1.807) is 13.0 Å². The highest BCUT2D eigenvalue weighted by molar-refractivity contribution is 5.88. The van der Waals surface area contributed by atoms with E-state index in [0.717, 1.165) is 0 Å². The Kier molecular flexibility index (Phi) is 2.67. The van der Waals surface area contributed by atoms with Crippen LogP contribution in [-0.4, -0.2) is 18.1 Å². The molecule has 5 heteroatoms. The summed E-state index contributed by atoms with van der Waals surface area (Å²) < 4.78 is 4.45. The Labute approximate surface area is 79.9 Å². The van der Waals surface area contributed by atoms with Gasteiger partial charge in [0.25, 0.3) is 5.56 Å². The van der Waals surface area contributed by atoms with Crippen LogP contribution in [-0.2, 0) is 4.74 Å². The highest BCUT2D eigenvalue weighted by atomic mass is 16.5. The van der Waals surface area contributed by atoms with E-state index in [-0.39, 0.29) is 11.3 Å². The minimum Gasteiger partial charge on any atom is -0.464 e. The summed E-state index contributed by atoms with van der Waals surface area (Å²) in [6, 6.07) is 3.08. The van der Waals surface area contributed by atoms with E-state index in [9.17, 15) is 9.59 Å². The molecule has 0 aliphatic carbocycles. The third-order valence-electron chi connectivity index (χ3n) is 1.75. The van der Waals surface area contributed by atoms with Crippen molar-refractivity contribution in [2.24, 2.45) is 0 Å². The fraction of sp³-hybridized carbons (Fsp3) is 0.222. The minimum absolute atomic E-state index is 0.0184. The van der Waals surface area contributed by atoms with Gasteiger partial charge in [0.15, 0.2) is 0 Å². The quantitative estimate of drug-likeness (QED) is 0.650. The lowest BCUT2D eigenvalue weighted by Gasteiger charge is -2.02. The molecule has 1 aromatic heterocycles. The number of aromatic amines is 1. The summed E-state index contributed by atoms with van der Waals surface area (Å²) in [6.45, 7) is 1.61. The van der Waals surface area contributed by atoms with Crippen molar-refractivity contribution in [3.8, 4) is 6.07 Å². The van der Waals surface area contributed by atoms with Gasteiger partial charge in [-0.25, -0.2) is 4.79 Å². The van der Waals surface area contributed by atoms with E-state index in [4.69, 9.17) is 5.26 Å². The van der Waals surface area contributed by atoms with Gasteiger partial charge >= 0.3 is 5.97 Å². The molecule has 1 N–H and O–H groups in total. The second-order valence-corrected chi connectivity index (χ2v) is 2.67. The van der Waals surface area contributed by atoms with E-state index >= 15 is 0 Å². The largest absolute Gasteiger partial charge is 0.464 e. The molecule has 1 aromatic rings. The molecule has 0 radical (unpaired) electrons. The summed E-state index contributed by atoms with van der Waals surface area (Å²) in [5.74, 6) is -0.621. The Hall–Kier alpha value is -2.09. The lowest BCUT2D eigenvalue weighted by Crippen LogP contribution is -2.18. The maximum atomic E-state index is 11.2. The summed E-state index contributed by atoms with van der Waals surface area (Å²) in [6.07, 6.45) is 0. The van der Waals surface area contributed by atoms with E-state index in [0.29, 0.717) is 5.56 Å². The van der Waals surface area contributed by atoms with Gasteiger partial charge in [-0.15, -0.1) is 0 Å². The molecule has 0 amide bonds. The van der Waals surface area contributed by atoms with Crippen molar-refractivity contribution >= 4 is 5.97 Å². The van der Waals surface area contributed by atoms with Gasteiger partial charge in [0.2, 0.25) is 0 Å². The van der Waals surface area contributed by atoms with Crippen molar-refractivity contribution in [3.05, 3.63) is 33.2 Å². The normalized spacial score (nSPS) is 9.21. The number of hydrogen-bond donors (Lipinski definition) is 1. The second kappa shape index (κ2) is 3.75. The van der Waals surface area contributed by atoms with Crippen LogP contribution in [0.1, 0.15) is 21.6 Å². The molecule has 14 heavy (non-hydrogen) atoms. The molecular formula is C9H8N2O3. The Morgan fingerprint density at radius 3 is 2.79 bits per heavy atom. The summed E-state index contributed by atoms with van der Waals surface area (Å²) >= 11 is 0. The Balaban J connectivity index is 3.38. The zero-order chi connectivity index (χ0) is 10.7. The third-order valence-corrected chi connectivity index (χ3v) is 1.75. The second-order valence-electron chi connectivity index (χ2n) is 2.67. The first-order valence-corrected chi connectivity index (χ1v) is 3.82. The van der Waals surface area contributed by atoms with Crippen LogP contribution in [0.25, 0.3) is 0 Å². The predicted molar refractivity (Wildman–Crippen MR) is 47.9 cm³/mol. The van der Waals surface area contributed by atoms with E-state index in [2.05, 4.69) is 9.72 Å². The van der Waals surface area contributed by atoms with E-state index < -0.39 is 11.5 Å². The lowest BCUT2D eigenvalue weighted by molar-refractivity contribution is 0.0593. The van der Waals surface area contributed by atoms with Crippen molar-refractivity contribution in [1.29, 1.82) is 5.26 Å². The molecule has 1 heterocycles. The standard InChI is InChI=1S/C9H8N2O3/c1-5-3-6(4-10)8(12)11-7(5)9(13)14-2/h3H,1-2H3,(H,11,12). The molecule has 0 saturated heterocycles. The van der Waals surface area contributed by atoms with Gasteiger partial charge in [-0.2, -0.15) is 5.26 Å². The number of pyridine rings is 1. The lowest BCUT2D eigenvalue weighted by atomic mass is 10.1. The molecule has 0 atom stereocenters. The molecule has 72 valence electrons. The van der Waals surface area contributed by atoms with Crippen LogP contribution >= 0.6 is 0 Å². The first-order chi connectivity index (χ1) is 6.60. The Morgan fingerprint density at radius 1 is 1.64 bits per heavy atom. The number of ether oxygens (including phenoxy) is 1. The molecule has 5 nitrogen and oxygen atoms in total. The maximum absolute atomic E-state index is 11.2. The number of hydrogen-bond acceptors (Lipinski definition) is 4. The SMILES string of the molecule is COC(=O)c1[nH]c(=O)c(C#N)cc1C. The molecule has 0 aliphatic rings. The van der Waals surface area contributed by atoms with Gasteiger partial charge in [0.1, 0.15) is 17.3 Å². The summed E-state index contributed by atoms with van der Waals surface area (Å²) in [5.41, 5.74) is -0.0156. The van der Waals surface area contributed by atoms with Crippen LogP contribution in [0.4, 0.5) is 0 Å². The topological polar surface area (TPSA) is 83.0 Å². The van der Waals surface area contributed by atoms with Crippen molar-refractivity contribution in [2.45, 2.75) is 6.92 Å². The van der Waals surface area contributed by atoms with Gasteiger partial charge in [0, 0.05) is 0 Å². The molecule has 1 rings (SSSR count). The van der Waals surface area contributed by atoms with Crippen molar-refractivity contribution < 1.29 is 9.53 Å². The number of carbonyl (C=O) groups is 1. The van der Waals surface area contributed by atoms with Crippen LogP contribution < -0.4 is 5.56 Å². The summed E-state index contributed by atoms with van der Waals surface area (Å²) in [4.78, 5) is 24.6. The Bertz CT molecular complexity index is 468. The average Bonchev–Trinajstić information content (AvgIpc) is 2.19. The molecule has 0 bridgehead atoms. The van der Waals surface area contributed by atoms with Crippen LogP contribution in [0.15, 0.2) is 10.9 Å². The molecular weight excluding hydrogens is 184 g/mol. The number of H-pyrrole nitrogens is 1. The number of aromatic nitrogens is 1. The number of nitriles is 1. The number of nitrogens with zero attached hydrogens (tertiary/aromatic N) is 1. The van der Waals surface area contributed by atoms with Crippen LogP contribution in [0.2, 0.25) is 0 Å². The number of carbonyl (C=O) groups excluding carboxylic acids is 1. The first kappa shape index (κ1) is 9.99. The molecule has 0 aliphatic heterocycles. The van der Waals surface area contributed by atoms with Gasteiger partial charge in [-0.05, 0) is 18.6 Å². The van der Waals surface area contributed by atoms with Crippen LogP contribution in [0, 0.1) is 18.3 Å². The molecule has 0 saturated carbocycles. The monoisotopic (exact) mass is 192 g/mol. The number of nitrogens with one attached hydrogen (secondary N) is 1. The van der Waals surface area contributed by atoms with Gasteiger partial charge in [0.05, 0.1) is 7.11 Å². The fourth-order valence-electron chi connectivity index (χ4n) is 1.03. The highest BCUT2D eigenvalue weighted by Crippen LogP contribution is 2.04.